The Balaban J connectivity index is 1.47. The van der Waals surface area contributed by atoms with E-state index in [-0.39, 0.29) is 14.9 Å². The minimum atomic E-state index is -0.542. The lowest BCUT2D eigenvalue weighted by molar-refractivity contribution is -0.123. The van der Waals surface area contributed by atoms with Crippen molar-refractivity contribution < 1.29 is 23.5 Å². The molecule has 3 aromatic rings. The lowest BCUT2D eigenvalue weighted by Crippen LogP contribution is -2.44. The third-order valence-corrected chi connectivity index (χ3v) is 6.57. The smallest absolute Gasteiger partial charge is 0.338 e. The Morgan fingerprint density at radius 3 is 2.60 bits per heavy atom. The van der Waals surface area contributed by atoms with Crippen molar-refractivity contribution in [2.75, 3.05) is 6.61 Å². The van der Waals surface area contributed by atoms with Crippen molar-refractivity contribution in [3.63, 3.8) is 0 Å². The van der Waals surface area contributed by atoms with E-state index in [9.17, 15) is 14.4 Å². The van der Waals surface area contributed by atoms with E-state index in [2.05, 4.69) is 5.43 Å². The first-order chi connectivity index (χ1) is 16.8. The van der Waals surface area contributed by atoms with Gasteiger partial charge in [0.2, 0.25) is 0 Å². The minimum Gasteiger partial charge on any atom is -0.462 e. The topological polar surface area (TPSA) is 88.9 Å². The van der Waals surface area contributed by atoms with E-state index >= 15 is 0 Å². The van der Waals surface area contributed by atoms with Crippen LogP contribution in [0.2, 0.25) is 5.02 Å². The molecule has 1 aliphatic rings. The van der Waals surface area contributed by atoms with Crippen molar-refractivity contribution >= 4 is 63.8 Å². The highest BCUT2D eigenvalue weighted by Crippen LogP contribution is 2.33. The number of amides is 2. The molecule has 1 aromatic heterocycles. The van der Waals surface area contributed by atoms with E-state index < -0.39 is 17.8 Å². The van der Waals surface area contributed by atoms with Gasteiger partial charge >= 0.3 is 5.97 Å². The number of furan rings is 1. The van der Waals surface area contributed by atoms with Gasteiger partial charge in [0.05, 0.1) is 27.7 Å². The van der Waals surface area contributed by atoms with Crippen LogP contribution in [-0.2, 0) is 9.53 Å². The lowest BCUT2D eigenvalue weighted by atomic mass is 10.1. The molecule has 0 spiro atoms. The molecule has 2 aromatic carbocycles. The average molecular weight is 527 g/mol. The van der Waals surface area contributed by atoms with Crippen LogP contribution < -0.4 is 5.43 Å². The van der Waals surface area contributed by atoms with E-state index in [1.54, 1.807) is 67.6 Å². The molecular formula is C25H19ClN2O5S2. The average Bonchev–Trinajstić information content (AvgIpc) is 3.39. The molecule has 1 aliphatic heterocycles. The van der Waals surface area contributed by atoms with Gasteiger partial charge in [0.1, 0.15) is 11.5 Å². The zero-order valence-corrected chi connectivity index (χ0v) is 21.1. The van der Waals surface area contributed by atoms with Crippen molar-refractivity contribution in [3.8, 4) is 11.3 Å². The molecular weight excluding hydrogens is 508 g/mol. The van der Waals surface area contributed by atoms with E-state index in [1.165, 1.54) is 0 Å². The van der Waals surface area contributed by atoms with E-state index in [0.717, 1.165) is 27.9 Å². The number of carbonyl (C=O) groups is 3. The van der Waals surface area contributed by atoms with Gasteiger partial charge in [-0.05, 0) is 68.0 Å². The summed E-state index contributed by atoms with van der Waals surface area (Å²) in [5, 5.41) is 1.30. The molecule has 4 rings (SSSR count). The third kappa shape index (κ3) is 5.48. The van der Waals surface area contributed by atoms with Gasteiger partial charge in [0.15, 0.2) is 4.32 Å². The van der Waals surface area contributed by atoms with Crippen molar-refractivity contribution in [1.29, 1.82) is 0 Å². The molecule has 0 saturated carbocycles. The Hall–Kier alpha value is -3.40. The first kappa shape index (κ1) is 24.7. The summed E-state index contributed by atoms with van der Waals surface area (Å²) in [6.07, 6.45) is 1.56. The Bertz CT molecular complexity index is 1360. The highest BCUT2D eigenvalue weighted by atomic mass is 35.5. The minimum absolute atomic E-state index is 0.180. The number of thiocarbonyl (C=S) groups is 1. The number of nitrogens with one attached hydrogen (secondary N) is 1. The number of esters is 1. The van der Waals surface area contributed by atoms with Crippen molar-refractivity contribution in [2.24, 2.45) is 0 Å². The van der Waals surface area contributed by atoms with Crippen LogP contribution >= 0.6 is 35.6 Å². The standard InChI is InChI=1S/C25H19ClN2O5S2/c1-3-32-24(31)16-7-5-15(6-8-16)20-11-9-17(33-20)13-21-23(30)28(25(34)35-21)27-22(29)18-10-4-14(2)12-19(18)26/h4-13H,3H2,1-2H3,(H,27,29)/b21-13+. The van der Waals surface area contributed by atoms with Crippen LogP contribution in [0.25, 0.3) is 17.4 Å². The maximum atomic E-state index is 12.9. The summed E-state index contributed by atoms with van der Waals surface area (Å²) < 4.78 is 11.0. The van der Waals surface area contributed by atoms with E-state index in [1.807, 2.05) is 6.92 Å². The Morgan fingerprint density at radius 1 is 1.17 bits per heavy atom. The number of rotatable bonds is 6. The molecule has 178 valence electrons. The monoisotopic (exact) mass is 526 g/mol. The molecule has 7 nitrogen and oxygen atoms in total. The zero-order valence-electron chi connectivity index (χ0n) is 18.7. The molecule has 1 fully saturated rings. The number of hydrazine groups is 1. The summed E-state index contributed by atoms with van der Waals surface area (Å²) in [6.45, 7) is 3.91. The highest BCUT2D eigenvalue weighted by Gasteiger charge is 2.34. The summed E-state index contributed by atoms with van der Waals surface area (Å²) in [6, 6.07) is 15.3. The molecule has 0 atom stereocenters. The summed E-state index contributed by atoms with van der Waals surface area (Å²) in [5.74, 6) is -0.419. The molecule has 10 heteroatoms. The molecule has 2 amide bonds. The number of ether oxygens (including phenoxy) is 1. The second-order valence-electron chi connectivity index (χ2n) is 7.44. The first-order valence-electron chi connectivity index (χ1n) is 10.5. The molecule has 0 aliphatic carbocycles. The maximum absolute atomic E-state index is 12.9. The zero-order chi connectivity index (χ0) is 25.1. The van der Waals surface area contributed by atoms with Crippen molar-refractivity contribution in [3.05, 3.63) is 87.0 Å². The molecule has 0 bridgehead atoms. The summed E-state index contributed by atoms with van der Waals surface area (Å²) in [4.78, 5) is 37.6. The summed E-state index contributed by atoms with van der Waals surface area (Å²) in [5.41, 5.74) is 4.86. The predicted octanol–water partition coefficient (Wildman–Crippen LogP) is 5.63. The number of benzene rings is 2. The number of nitrogens with zero attached hydrogens (tertiary/aromatic N) is 1. The number of thioether (sulfide) groups is 1. The molecule has 1 N–H and O–H groups in total. The molecule has 0 radical (unpaired) electrons. The number of hydrogen-bond acceptors (Lipinski definition) is 7. The van der Waals surface area contributed by atoms with E-state index in [0.29, 0.717) is 28.6 Å². The molecule has 1 saturated heterocycles. The Kier molecular flexibility index (Phi) is 7.39. The number of carbonyl (C=O) groups excluding carboxylic acids is 3. The first-order valence-corrected chi connectivity index (χ1v) is 12.1. The normalized spacial score (nSPS) is 14.5. The van der Waals surface area contributed by atoms with Crippen LogP contribution in [0.5, 0.6) is 0 Å². The van der Waals surface area contributed by atoms with Crippen molar-refractivity contribution in [1.82, 2.24) is 10.4 Å². The fourth-order valence-corrected chi connectivity index (χ4v) is 4.71. The van der Waals surface area contributed by atoms with Gasteiger partial charge in [0.25, 0.3) is 11.8 Å². The van der Waals surface area contributed by atoms with Gasteiger partial charge in [-0.25, -0.2) is 4.79 Å². The van der Waals surface area contributed by atoms with Crippen molar-refractivity contribution in [2.45, 2.75) is 13.8 Å². The second kappa shape index (κ2) is 10.5. The van der Waals surface area contributed by atoms with Crippen LogP contribution in [0.4, 0.5) is 0 Å². The van der Waals surface area contributed by atoms with Crippen LogP contribution in [0.3, 0.4) is 0 Å². The summed E-state index contributed by atoms with van der Waals surface area (Å²) >= 11 is 12.5. The largest absolute Gasteiger partial charge is 0.462 e. The predicted molar refractivity (Wildman–Crippen MR) is 139 cm³/mol. The third-order valence-electron chi connectivity index (χ3n) is 4.96. The summed E-state index contributed by atoms with van der Waals surface area (Å²) in [7, 11) is 0. The number of aryl methyl sites for hydroxylation is 1. The van der Waals surface area contributed by atoms with Gasteiger partial charge < -0.3 is 9.15 Å². The van der Waals surface area contributed by atoms with Crippen LogP contribution in [0.1, 0.15) is 39.0 Å². The van der Waals surface area contributed by atoms with Gasteiger partial charge in [-0.2, -0.15) is 5.01 Å². The molecule has 35 heavy (non-hydrogen) atoms. The number of halogens is 1. The molecule has 0 unspecified atom stereocenters. The Labute approximate surface area is 216 Å². The number of hydrogen-bond donors (Lipinski definition) is 1. The Morgan fingerprint density at radius 2 is 1.91 bits per heavy atom. The van der Waals surface area contributed by atoms with Gasteiger partial charge in [-0.3, -0.25) is 15.0 Å². The fraction of sp³-hybridized carbons (Fsp3) is 0.120. The van der Waals surface area contributed by atoms with Crippen LogP contribution in [0.15, 0.2) is 63.9 Å². The SMILES string of the molecule is CCOC(=O)c1ccc(-c2ccc(/C=C3/SC(=S)N(NC(=O)c4ccc(C)cc4Cl)C3=O)o2)cc1. The van der Waals surface area contributed by atoms with E-state index in [4.69, 9.17) is 33.0 Å². The maximum Gasteiger partial charge on any atom is 0.338 e. The van der Waals surface area contributed by atoms with Crippen LogP contribution in [0, 0.1) is 6.92 Å². The molecule has 2 heterocycles. The quantitative estimate of drug-likeness (QED) is 0.253. The van der Waals surface area contributed by atoms with Crippen LogP contribution in [-0.4, -0.2) is 33.7 Å². The highest BCUT2D eigenvalue weighted by molar-refractivity contribution is 8.26. The lowest BCUT2D eigenvalue weighted by Gasteiger charge is -2.16. The second-order valence-corrected chi connectivity index (χ2v) is 9.52. The fourth-order valence-electron chi connectivity index (χ4n) is 3.23. The van der Waals surface area contributed by atoms with Gasteiger partial charge in [0, 0.05) is 11.6 Å². The van der Waals surface area contributed by atoms with Gasteiger partial charge in [-0.1, -0.05) is 41.6 Å². The van der Waals surface area contributed by atoms with Gasteiger partial charge in [-0.15, -0.1) is 0 Å².